The first-order chi connectivity index (χ1) is 9.99. The SMILES string of the molecule is Cc1ccc(C(C)NCCc2ccnn2C)cc1[N+](=O)[O-]. The van der Waals surface area contributed by atoms with Crippen LogP contribution >= 0.6 is 0 Å². The van der Waals surface area contributed by atoms with Gasteiger partial charge in [-0.1, -0.05) is 12.1 Å². The molecule has 0 saturated heterocycles. The average molecular weight is 288 g/mol. The van der Waals surface area contributed by atoms with Crippen molar-refractivity contribution in [3.05, 3.63) is 57.4 Å². The van der Waals surface area contributed by atoms with E-state index in [1.165, 1.54) is 0 Å². The fourth-order valence-electron chi connectivity index (χ4n) is 2.27. The molecule has 0 aliphatic rings. The summed E-state index contributed by atoms with van der Waals surface area (Å²) in [5, 5.41) is 18.5. The minimum atomic E-state index is -0.332. The van der Waals surface area contributed by atoms with Crippen LogP contribution in [0.3, 0.4) is 0 Å². The van der Waals surface area contributed by atoms with E-state index < -0.39 is 0 Å². The molecule has 2 aromatic rings. The summed E-state index contributed by atoms with van der Waals surface area (Å²) in [6.07, 6.45) is 2.65. The van der Waals surface area contributed by atoms with Gasteiger partial charge in [-0.05, 0) is 25.5 Å². The first kappa shape index (κ1) is 15.2. The van der Waals surface area contributed by atoms with Crippen LogP contribution in [0.2, 0.25) is 0 Å². The third-order valence-corrected chi connectivity index (χ3v) is 3.68. The summed E-state index contributed by atoms with van der Waals surface area (Å²) in [6.45, 7) is 4.56. The van der Waals surface area contributed by atoms with Crippen molar-refractivity contribution in [2.75, 3.05) is 6.54 Å². The fraction of sp³-hybridized carbons (Fsp3) is 0.400. The molecule has 6 nitrogen and oxygen atoms in total. The highest BCUT2D eigenvalue weighted by Gasteiger charge is 2.14. The highest BCUT2D eigenvalue weighted by Crippen LogP contribution is 2.23. The van der Waals surface area contributed by atoms with Crippen LogP contribution in [0.1, 0.15) is 29.8 Å². The summed E-state index contributed by atoms with van der Waals surface area (Å²) in [6, 6.07) is 7.44. The van der Waals surface area contributed by atoms with Gasteiger partial charge in [-0.25, -0.2) is 0 Å². The highest BCUT2D eigenvalue weighted by molar-refractivity contribution is 5.43. The van der Waals surface area contributed by atoms with Crippen molar-refractivity contribution < 1.29 is 4.92 Å². The molecular weight excluding hydrogens is 268 g/mol. The standard InChI is InChI=1S/C15H20N4O2/c1-11-4-5-13(10-15(11)19(20)21)12(2)16-8-6-14-7-9-17-18(14)3/h4-5,7,9-10,12,16H,6,8H2,1-3H3. The Morgan fingerprint density at radius 1 is 1.43 bits per heavy atom. The quantitative estimate of drug-likeness (QED) is 0.655. The van der Waals surface area contributed by atoms with Crippen molar-refractivity contribution >= 4 is 5.69 Å². The van der Waals surface area contributed by atoms with Crippen LogP contribution in [0.25, 0.3) is 0 Å². The number of nitro benzene ring substituents is 1. The van der Waals surface area contributed by atoms with E-state index >= 15 is 0 Å². The summed E-state index contributed by atoms with van der Waals surface area (Å²) >= 11 is 0. The summed E-state index contributed by atoms with van der Waals surface area (Å²) in [7, 11) is 1.92. The lowest BCUT2D eigenvalue weighted by atomic mass is 10.0. The normalized spacial score (nSPS) is 12.3. The number of nitrogens with one attached hydrogen (secondary N) is 1. The molecule has 6 heteroatoms. The van der Waals surface area contributed by atoms with E-state index in [2.05, 4.69) is 10.4 Å². The lowest BCUT2D eigenvalue weighted by molar-refractivity contribution is -0.385. The molecule has 1 aromatic heterocycles. The second-order valence-corrected chi connectivity index (χ2v) is 5.17. The van der Waals surface area contributed by atoms with Gasteiger partial charge in [0.25, 0.3) is 5.69 Å². The number of rotatable bonds is 6. The zero-order chi connectivity index (χ0) is 15.4. The molecule has 112 valence electrons. The maximum Gasteiger partial charge on any atom is 0.272 e. The Morgan fingerprint density at radius 2 is 2.19 bits per heavy atom. The zero-order valence-electron chi connectivity index (χ0n) is 12.5. The molecule has 1 unspecified atom stereocenters. The molecule has 0 amide bonds. The first-order valence-corrected chi connectivity index (χ1v) is 6.94. The zero-order valence-corrected chi connectivity index (χ0v) is 12.5. The lowest BCUT2D eigenvalue weighted by Gasteiger charge is -2.14. The van der Waals surface area contributed by atoms with Gasteiger partial charge in [0, 0.05) is 49.6 Å². The van der Waals surface area contributed by atoms with Gasteiger partial charge in [-0.3, -0.25) is 14.8 Å². The van der Waals surface area contributed by atoms with Crippen molar-refractivity contribution in [1.29, 1.82) is 0 Å². The smallest absolute Gasteiger partial charge is 0.272 e. The fourth-order valence-corrected chi connectivity index (χ4v) is 2.27. The molecular formula is C15H20N4O2. The molecule has 0 bridgehead atoms. The van der Waals surface area contributed by atoms with Crippen LogP contribution in [-0.2, 0) is 13.5 Å². The summed E-state index contributed by atoms with van der Waals surface area (Å²) in [4.78, 5) is 10.6. The molecule has 0 radical (unpaired) electrons. The maximum atomic E-state index is 11.0. The third-order valence-electron chi connectivity index (χ3n) is 3.68. The molecule has 1 aromatic carbocycles. The van der Waals surface area contributed by atoms with E-state index in [0.717, 1.165) is 24.2 Å². The molecule has 0 saturated carbocycles. The third kappa shape index (κ3) is 3.66. The minimum absolute atomic E-state index is 0.0672. The number of nitro groups is 1. The van der Waals surface area contributed by atoms with E-state index in [4.69, 9.17) is 0 Å². The lowest BCUT2D eigenvalue weighted by Crippen LogP contribution is -2.22. The number of aryl methyl sites for hydroxylation is 2. The van der Waals surface area contributed by atoms with Crippen LogP contribution in [0.5, 0.6) is 0 Å². The Labute approximate surface area is 123 Å². The summed E-state index contributed by atoms with van der Waals surface area (Å²) in [5.74, 6) is 0. The number of aromatic nitrogens is 2. The van der Waals surface area contributed by atoms with Gasteiger partial charge in [-0.15, -0.1) is 0 Å². The summed E-state index contributed by atoms with van der Waals surface area (Å²) in [5.41, 5.74) is 2.94. The van der Waals surface area contributed by atoms with Crippen LogP contribution in [0.4, 0.5) is 5.69 Å². The van der Waals surface area contributed by atoms with Crippen molar-refractivity contribution in [2.24, 2.45) is 7.05 Å². The van der Waals surface area contributed by atoms with Crippen molar-refractivity contribution in [2.45, 2.75) is 26.3 Å². The van der Waals surface area contributed by atoms with Crippen molar-refractivity contribution in [1.82, 2.24) is 15.1 Å². The molecule has 0 aliphatic heterocycles. The van der Waals surface area contributed by atoms with Gasteiger partial charge >= 0.3 is 0 Å². The van der Waals surface area contributed by atoms with Gasteiger partial charge in [0.05, 0.1) is 4.92 Å². The van der Waals surface area contributed by atoms with Gasteiger partial charge in [0.2, 0.25) is 0 Å². The highest BCUT2D eigenvalue weighted by atomic mass is 16.6. The van der Waals surface area contributed by atoms with Crippen molar-refractivity contribution in [3.8, 4) is 0 Å². The maximum absolute atomic E-state index is 11.0. The van der Waals surface area contributed by atoms with Crippen LogP contribution in [0, 0.1) is 17.0 Å². The number of hydrogen-bond acceptors (Lipinski definition) is 4. The molecule has 21 heavy (non-hydrogen) atoms. The largest absolute Gasteiger partial charge is 0.310 e. The van der Waals surface area contributed by atoms with E-state index in [1.807, 2.05) is 30.8 Å². The number of nitrogens with zero attached hydrogens (tertiary/aromatic N) is 3. The monoisotopic (exact) mass is 288 g/mol. The van der Waals surface area contributed by atoms with E-state index in [9.17, 15) is 10.1 Å². The Morgan fingerprint density at radius 3 is 2.81 bits per heavy atom. The second-order valence-electron chi connectivity index (χ2n) is 5.17. The number of benzene rings is 1. The predicted octanol–water partition coefficient (Wildman–Crippen LogP) is 2.53. The average Bonchev–Trinajstić information content (AvgIpc) is 2.84. The van der Waals surface area contributed by atoms with E-state index in [-0.39, 0.29) is 16.7 Å². The van der Waals surface area contributed by atoms with Gasteiger partial charge in [-0.2, -0.15) is 5.10 Å². The number of hydrogen-bond donors (Lipinski definition) is 1. The first-order valence-electron chi connectivity index (χ1n) is 6.94. The minimum Gasteiger partial charge on any atom is -0.310 e. The van der Waals surface area contributed by atoms with Crippen LogP contribution in [0.15, 0.2) is 30.5 Å². The van der Waals surface area contributed by atoms with Gasteiger partial charge in [0.1, 0.15) is 0 Å². The van der Waals surface area contributed by atoms with Crippen LogP contribution < -0.4 is 5.32 Å². The van der Waals surface area contributed by atoms with E-state index in [0.29, 0.717) is 5.56 Å². The molecule has 0 aliphatic carbocycles. The predicted molar refractivity (Wildman–Crippen MR) is 81.2 cm³/mol. The van der Waals surface area contributed by atoms with Gasteiger partial charge in [0.15, 0.2) is 0 Å². The molecule has 0 fully saturated rings. The van der Waals surface area contributed by atoms with Crippen molar-refractivity contribution in [3.63, 3.8) is 0 Å². The molecule has 1 atom stereocenters. The van der Waals surface area contributed by atoms with E-state index in [1.54, 1.807) is 25.3 Å². The van der Waals surface area contributed by atoms with Gasteiger partial charge < -0.3 is 5.32 Å². The molecule has 1 N–H and O–H groups in total. The molecule has 1 heterocycles. The Hall–Kier alpha value is -2.21. The topological polar surface area (TPSA) is 73.0 Å². The Bertz CT molecular complexity index is 636. The second kappa shape index (κ2) is 6.49. The molecule has 0 spiro atoms. The Balaban J connectivity index is 1.97. The molecule has 2 rings (SSSR count). The summed E-state index contributed by atoms with van der Waals surface area (Å²) < 4.78 is 1.85. The Kier molecular flexibility index (Phi) is 4.70. The van der Waals surface area contributed by atoms with Crippen LogP contribution in [-0.4, -0.2) is 21.2 Å².